The normalized spacial score (nSPS) is 15.5. The molecule has 32 heavy (non-hydrogen) atoms. The molecule has 2 heterocycles. The van der Waals surface area contributed by atoms with Gasteiger partial charge >= 0.3 is 0 Å². The number of nitrogens with zero attached hydrogens (tertiary/aromatic N) is 2. The Kier molecular flexibility index (Phi) is 6.01. The van der Waals surface area contributed by atoms with Crippen molar-refractivity contribution >= 4 is 28.7 Å². The summed E-state index contributed by atoms with van der Waals surface area (Å²) in [6, 6.07) is 10.7. The Balaban J connectivity index is 1.61. The molecule has 0 saturated carbocycles. The standard InChI is InChI=1S/C25H27N3O4/c1-27(2)11-4-12-28-15-17(19-14-18(31-3)7-8-21(19)28)6-10-23-24(29)20-13-16(25(26)30)5-9-22(20)32-23/h5-10,13-15,23H,4,11-12H2,1-3H3,(H2,26,30)/b10-6+. The summed E-state index contributed by atoms with van der Waals surface area (Å²) in [4.78, 5) is 26.4. The Bertz CT molecular complexity index is 1210. The first-order chi connectivity index (χ1) is 15.4. The van der Waals surface area contributed by atoms with Gasteiger partial charge in [0.05, 0.1) is 12.7 Å². The second kappa shape index (κ2) is 8.88. The molecule has 1 aliphatic rings. The van der Waals surface area contributed by atoms with Gasteiger partial charge in [-0.1, -0.05) is 6.08 Å². The van der Waals surface area contributed by atoms with Crippen LogP contribution >= 0.6 is 0 Å². The van der Waals surface area contributed by atoms with Crippen LogP contribution in [-0.4, -0.2) is 55.0 Å². The van der Waals surface area contributed by atoms with E-state index >= 15 is 0 Å². The number of carbonyl (C=O) groups is 2. The minimum absolute atomic E-state index is 0.188. The van der Waals surface area contributed by atoms with Gasteiger partial charge in [0.1, 0.15) is 11.5 Å². The van der Waals surface area contributed by atoms with Crippen LogP contribution in [0.25, 0.3) is 17.0 Å². The topological polar surface area (TPSA) is 86.8 Å². The Morgan fingerprint density at radius 1 is 1.25 bits per heavy atom. The summed E-state index contributed by atoms with van der Waals surface area (Å²) in [5.41, 5.74) is 8.09. The number of methoxy groups -OCH3 is 1. The fourth-order valence-corrected chi connectivity index (χ4v) is 3.95. The molecule has 0 bridgehead atoms. The Morgan fingerprint density at radius 3 is 2.78 bits per heavy atom. The maximum absolute atomic E-state index is 12.8. The molecule has 2 aromatic carbocycles. The van der Waals surface area contributed by atoms with E-state index in [0.29, 0.717) is 16.9 Å². The average molecular weight is 434 g/mol. The van der Waals surface area contributed by atoms with Crippen molar-refractivity contribution in [1.29, 1.82) is 0 Å². The van der Waals surface area contributed by atoms with Crippen molar-refractivity contribution < 1.29 is 19.1 Å². The molecule has 1 unspecified atom stereocenters. The van der Waals surface area contributed by atoms with Crippen LogP contribution < -0.4 is 15.2 Å². The highest BCUT2D eigenvalue weighted by Gasteiger charge is 2.31. The molecule has 0 fully saturated rings. The molecule has 4 rings (SSSR count). The summed E-state index contributed by atoms with van der Waals surface area (Å²) in [5, 5.41) is 1.05. The molecule has 0 aliphatic carbocycles. The second-order valence-electron chi connectivity index (χ2n) is 8.15. The van der Waals surface area contributed by atoms with E-state index in [9.17, 15) is 9.59 Å². The van der Waals surface area contributed by atoms with Crippen molar-refractivity contribution in [1.82, 2.24) is 9.47 Å². The third kappa shape index (κ3) is 4.24. The zero-order valence-corrected chi connectivity index (χ0v) is 18.5. The SMILES string of the molecule is COc1ccc2c(c1)c(/C=C/C1Oc3ccc(C(N)=O)cc3C1=O)cn2CCCN(C)C. The highest BCUT2D eigenvalue weighted by Crippen LogP contribution is 2.32. The maximum Gasteiger partial charge on any atom is 0.248 e. The summed E-state index contributed by atoms with van der Waals surface area (Å²) >= 11 is 0. The van der Waals surface area contributed by atoms with Gasteiger partial charge in [0, 0.05) is 29.2 Å². The van der Waals surface area contributed by atoms with Crippen molar-refractivity contribution in [2.45, 2.75) is 19.1 Å². The first-order valence-corrected chi connectivity index (χ1v) is 10.5. The number of ether oxygens (including phenoxy) is 2. The van der Waals surface area contributed by atoms with Crippen LogP contribution in [0.15, 0.2) is 48.7 Å². The van der Waals surface area contributed by atoms with E-state index in [2.05, 4.69) is 35.8 Å². The van der Waals surface area contributed by atoms with Gasteiger partial charge in [-0.2, -0.15) is 0 Å². The molecule has 0 spiro atoms. The van der Waals surface area contributed by atoms with Gasteiger partial charge in [0.25, 0.3) is 0 Å². The van der Waals surface area contributed by atoms with Crippen LogP contribution in [0.3, 0.4) is 0 Å². The molecule has 2 N–H and O–H groups in total. The number of amides is 1. The Morgan fingerprint density at radius 2 is 2.06 bits per heavy atom. The second-order valence-corrected chi connectivity index (χ2v) is 8.15. The van der Waals surface area contributed by atoms with Crippen LogP contribution in [0.2, 0.25) is 0 Å². The van der Waals surface area contributed by atoms with Crippen LogP contribution in [0.4, 0.5) is 0 Å². The van der Waals surface area contributed by atoms with Gasteiger partial charge in [-0.3, -0.25) is 9.59 Å². The van der Waals surface area contributed by atoms with Crippen molar-refractivity contribution in [2.24, 2.45) is 5.73 Å². The quantitative estimate of drug-likeness (QED) is 0.589. The van der Waals surface area contributed by atoms with Crippen molar-refractivity contribution in [2.75, 3.05) is 27.7 Å². The first kappa shape index (κ1) is 21.6. The smallest absolute Gasteiger partial charge is 0.248 e. The predicted octanol–water partition coefficient (Wildman–Crippen LogP) is 3.36. The number of primary amides is 1. The number of ketones is 1. The monoisotopic (exact) mass is 433 g/mol. The average Bonchev–Trinajstić information content (AvgIpc) is 3.28. The molecule has 7 nitrogen and oxygen atoms in total. The molecule has 3 aromatic rings. The lowest BCUT2D eigenvalue weighted by atomic mass is 10.0. The molecule has 7 heteroatoms. The van der Waals surface area contributed by atoms with E-state index in [4.69, 9.17) is 15.2 Å². The highest BCUT2D eigenvalue weighted by molar-refractivity contribution is 6.08. The number of Topliss-reactive ketones (excluding diaryl/α,β-unsaturated/α-hetero) is 1. The largest absolute Gasteiger partial charge is 0.497 e. The van der Waals surface area contributed by atoms with E-state index in [-0.39, 0.29) is 5.78 Å². The third-order valence-corrected chi connectivity index (χ3v) is 5.62. The molecule has 0 radical (unpaired) electrons. The Hall–Kier alpha value is -3.58. The molecule has 1 aliphatic heterocycles. The van der Waals surface area contributed by atoms with Gasteiger partial charge in [0.2, 0.25) is 11.7 Å². The molecule has 166 valence electrons. The van der Waals surface area contributed by atoms with Crippen molar-refractivity contribution in [3.05, 3.63) is 65.4 Å². The van der Waals surface area contributed by atoms with Crippen molar-refractivity contribution in [3.63, 3.8) is 0 Å². The van der Waals surface area contributed by atoms with Gasteiger partial charge in [-0.15, -0.1) is 0 Å². The lowest BCUT2D eigenvalue weighted by Gasteiger charge is -2.10. The minimum Gasteiger partial charge on any atom is -0.497 e. The van der Waals surface area contributed by atoms with E-state index in [1.807, 2.05) is 18.2 Å². The van der Waals surface area contributed by atoms with Gasteiger partial charge < -0.3 is 24.7 Å². The van der Waals surface area contributed by atoms with Gasteiger partial charge in [0.15, 0.2) is 6.10 Å². The fourth-order valence-electron chi connectivity index (χ4n) is 3.95. The lowest BCUT2D eigenvalue weighted by molar-refractivity contribution is 0.0906. The summed E-state index contributed by atoms with van der Waals surface area (Å²) in [6.45, 7) is 1.88. The number of fused-ring (bicyclic) bond motifs is 2. The van der Waals surface area contributed by atoms with E-state index < -0.39 is 12.0 Å². The fraction of sp³-hybridized carbons (Fsp3) is 0.280. The molecular formula is C25H27N3O4. The number of rotatable bonds is 8. The minimum atomic E-state index is -0.745. The predicted molar refractivity (Wildman–Crippen MR) is 124 cm³/mol. The Labute approximate surface area is 187 Å². The summed E-state index contributed by atoms with van der Waals surface area (Å²) in [6.07, 6.45) is 6.03. The summed E-state index contributed by atoms with van der Waals surface area (Å²) in [7, 11) is 5.78. The van der Waals surface area contributed by atoms with Crippen LogP contribution in [-0.2, 0) is 6.54 Å². The molecule has 1 amide bonds. The first-order valence-electron chi connectivity index (χ1n) is 10.5. The number of aryl methyl sites for hydroxylation is 1. The zero-order chi connectivity index (χ0) is 22.8. The zero-order valence-electron chi connectivity index (χ0n) is 18.5. The number of benzene rings is 2. The van der Waals surface area contributed by atoms with E-state index in [1.165, 1.54) is 6.07 Å². The maximum atomic E-state index is 12.8. The molecular weight excluding hydrogens is 406 g/mol. The van der Waals surface area contributed by atoms with Gasteiger partial charge in [-0.25, -0.2) is 0 Å². The number of nitrogens with two attached hydrogens (primary N) is 1. The van der Waals surface area contributed by atoms with Gasteiger partial charge in [-0.05, 0) is 75.1 Å². The number of hydrogen-bond donors (Lipinski definition) is 1. The summed E-state index contributed by atoms with van der Waals surface area (Å²) < 4.78 is 13.4. The molecule has 1 aromatic heterocycles. The highest BCUT2D eigenvalue weighted by atomic mass is 16.5. The lowest BCUT2D eigenvalue weighted by Crippen LogP contribution is -2.17. The molecule has 0 saturated heterocycles. The van der Waals surface area contributed by atoms with E-state index in [0.717, 1.165) is 41.7 Å². The number of carbonyl (C=O) groups excluding carboxylic acids is 2. The van der Waals surface area contributed by atoms with Crippen LogP contribution in [0.1, 0.15) is 32.7 Å². The van der Waals surface area contributed by atoms with E-state index in [1.54, 1.807) is 25.3 Å². The van der Waals surface area contributed by atoms with Crippen molar-refractivity contribution in [3.8, 4) is 11.5 Å². The third-order valence-electron chi connectivity index (χ3n) is 5.62. The van der Waals surface area contributed by atoms with Crippen LogP contribution in [0.5, 0.6) is 11.5 Å². The number of hydrogen-bond acceptors (Lipinski definition) is 5. The van der Waals surface area contributed by atoms with Crippen LogP contribution in [0, 0.1) is 0 Å². The summed E-state index contributed by atoms with van der Waals surface area (Å²) in [5.74, 6) is 0.475. The number of aromatic nitrogens is 1. The molecule has 1 atom stereocenters.